The number of ether oxygens (including phenoxy) is 1. The second-order valence-corrected chi connectivity index (χ2v) is 5.80. The first-order valence-electron chi connectivity index (χ1n) is 6.89. The van der Waals surface area contributed by atoms with Crippen molar-refractivity contribution >= 4 is 17.9 Å². The number of thioether (sulfide) groups is 1. The molecule has 0 saturated carbocycles. The van der Waals surface area contributed by atoms with Crippen molar-refractivity contribution in [2.45, 2.75) is 5.92 Å². The Bertz CT molecular complexity index is 611. The van der Waals surface area contributed by atoms with Gasteiger partial charge in [0, 0.05) is 5.92 Å². The number of nitrogens with one attached hydrogen (secondary N) is 1. The molecule has 2 aromatic rings. The summed E-state index contributed by atoms with van der Waals surface area (Å²) in [5.74, 6) is 0.689. The lowest BCUT2D eigenvalue weighted by molar-refractivity contribution is 0.145. The Hall–Kier alpha value is -1.94. The zero-order chi connectivity index (χ0) is 14.7. The number of hydrogen-bond donors (Lipinski definition) is 1. The predicted molar refractivity (Wildman–Crippen MR) is 86.6 cm³/mol. The molecule has 1 aliphatic rings. The molecule has 21 heavy (non-hydrogen) atoms. The zero-order valence-electron chi connectivity index (χ0n) is 11.8. The van der Waals surface area contributed by atoms with Crippen LogP contribution in [0, 0.1) is 0 Å². The maximum Gasteiger partial charge on any atom is 0.407 e. The molecule has 4 heteroatoms. The molecule has 108 valence electrons. The van der Waals surface area contributed by atoms with Crippen LogP contribution in [-0.2, 0) is 4.74 Å². The number of benzene rings is 2. The van der Waals surface area contributed by atoms with Crippen LogP contribution in [0.1, 0.15) is 17.0 Å². The van der Waals surface area contributed by atoms with E-state index in [-0.39, 0.29) is 12.0 Å². The fraction of sp³-hybridized carbons (Fsp3) is 0.235. The molecule has 2 aromatic carbocycles. The molecule has 0 radical (unpaired) electrons. The Morgan fingerprint density at radius 1 is 1.10 bits per heavy atom. The topological polar surface area (TPSA) is 38.3 Å². The van der Waals surface area contributed by atoms with Gasteiger partial charge in [0.25, 0.3) is 0 Å². The summed E-state index contributed by atoms with van der Waals surface area (Å²) in [4.78, 5) is 11.6. The second kappa shape index (κ2) is 6.22. The molecule has 0 unspecified atom stereocenters. The van der Waals surface area contributed by atoms with Crippen molar-refractivity contribution in [2.75, 3.05) is 18.7 Å². The van der Waals surface area contributed by atoms with Gasteiger partial charge in [-0.25, -0.2) is 4.79 Å². The highest BCUT2D eigenvalue weighted by atomic mass is 32.2. The first kappa shape index (κ1) is 14.0. The van der Waals surface area contributed by atoms with Crippen LogP contribution in [0.5, 0.6) is 0 Å². The van der Waals surface area contributed by atoms with E-state index in [4.69, 9.17) is 4.74 Å². The SMILES string of the molecule is CSCNC(=O)OCC1c2ccccc2-c2ccccc21. The fourth-order valence-electron chi connectivity index (χ4n) is 2.78. The molecule has 0 heterocycles. The van der Waals surface area contributed by atoms with E-state index in [2.05, 4.69) is 29.6 Å². The normalized spacial score (nSPS) is 12.6. The van der Waals surface area contributed by atoms with Crippen LogP contribution < -0.4 is 5.32 Å². The van der Waals surface area contributed by atoms with E-state index in [9.17, 15) is 4.79 Å². The second-order valence-electron chi connectivity index (χ2n) is 4.94. The fourth-order valence-corrected chi connectivity index (χ4v) is 3.04. The van der Waals surface area contributed by atoms with Crippen LogP contribution in [0.3, 0.4) is 0 Å². The summed E-state index contributed by atoms with van der Waals surface area (Å²) in [6.07, 6.45) is 1.58. The highest BCUT2D eigenvalue weighted by molar-refractivity contribution is 7.98. The molecule has 0 aromatic heterocycles. The predicted octanol–water partition coefficient (Wildman–Crippen LogP) is 3.85. The molecule has 1 aliphatic carbocycles. The first-order chi connectivity index (χ1) is 10.3. The third-order valence-corrected chi connectivity index (χ3v) is 4.14. The van der Waals surface area contributed by atoms with E-state index in [0.29, 0.717) is 12.5 Å². The Kier molecular flexibility index (Phi) is 4.15. The van der Waals surface area contributed by atoms with Gasteiger partial charge in [0.1, 0.15) is 6.61 Å². The Labute approximate surface area is 128 Å². The van der Waals surface area contributed by atoms with Gasteiger partial charge in [0.2, 0.25) is 0 Å². The lowest BCUT2D eigenvalue weighted by Gasteiger charge is -2.14. The van der Waals surface area contributed by atoms with Gasteiger partial charge in [0.15, 0.2) is 0 Å². The molecular formula is C17H17NO2S. The molecule has 0 aliphatic heterocycles. The van der Waals surface area contributed by atoms with Crippen LogP contribution in [0.15, 0.2) is 48.5 Å². The third kappa shape index (κ3) is 2.76. The highest BCUT2D eigenvalue weighted by Gasteiger charge is 2.28. The lowest BCUT2D eigenvalue weighted by Crippen LogP contribution is -2.25. The largest absolute Gasteiger partial charge is 0.449 e. The highest BCUT2D eigenvalue weighted by Crippen LogP contribution is 2.44. The minimum atomic E-state index is -0.355. The zero-order valence-corrected chi connectivity index (χ0v) is 12.7. The molecule has 3 rings (SSSR count). The number of alkyl carbamates (subject to hydrolysis) is 1. The maximum atomic E-state index is 11.6. The van der Waals surface area contributed by atoms with Gasteiger partial charge < -0.3 is 10.1 Å². The summed E-state index contributed by atoms with van der Waals surface area (Å²) in [5, 5.41) is 2.71. The molecule has 0 spiro atoms. The van der Waals surface area contributed by atoms with E-state index >= 15 is 0 Å². The summed E-state index contributed by atoms with van der Waals surface area (Å²) in [6, 6.07) is 16.6. The number of carbonyl (C=O) groups excluding carboxylic acids is 1. The van der Waals surface area contributed by atoms with Crippen LogP contribution >= 0.6 is 11.8 Å². The van der Waals surface area contributed by atoms with Crippen molar-refractivity contribution in [3.63, 3.8) is 0 Å². The summed E-state index contributed by atoms with van der Waals surface area (Å²) >= 11 is 1.55. The molecule has 0 saturated heterocycles. The van der Waals surface area contributed by atoms with E-state index in [1.165, 1.54) is 22.3 Å². The monoisotopic (exact) mass is 299 g/mol. The standard InChI is InChI=1S/C17H17NO2S/c1-21-11-18-17(19)20-10-16-14-8-4-2-6-12(14)13-7-3-5-9-15(13)16/h2-9,16H,10-11H2,1H3,(H,18,19). The van der Waals surface area contributed by atoms with Gasteiger partial charge in [-0.05, 0) is 28.5 Å². The summed E-state index contributed by atoms with van der Waals surface area (Å²) in [7, 11) is 0. The number of fused-ring (bicyclic) bond motifs is 3. The summed E-state index contributed by atoms with van der Waals surface area (Å²) in [6.45, 7) is 0.369. The average Bonchev–Trinajstić information content (AvgIpc) is 2.85. The van der Waals surface area contributed by atoms with Crippen molar-refractivity contribution in [2.24, 2.45) is 0 Å². The van der Waals surface area contributed by atoms with Crippen LogP contribution in [0.25, 0.3) is 11.1 Å². The molecule has 0 bridgehead atoms. The average molecular weight is 299 g/mol. The van der Waals surface area contributed by atoms with E-state index < -0.39 is 0 Å². The van der Waals surface area contributed by atoms with Gasteiger partial charge in [-0.3, -0.25) is 0 Å². The number of carbonyl (C=O) groups is 1. The van der Waals surface area contributed by atoms with Crippen molar-refractivity contribution in [3.8, 4) is 11.1 Å². The molecule has 0 fully saturated rings. The van der Waals surface area contributed by atoms with Gasteiger partial charge >= 0.3 is 6.09 Å². The first-order valence-corrected chi connectivity index (χ1v) is 8.28. The van der Waals surface area contributed by atoms with E-state index in [1.54, 1.807) is 11.8 Å². The van der Waals surface area contributed by atoms with E-state index in [1.807, 2.05) is 30.5 Å². The summed E-state index contributed by atoms with van der Waals surface area (Å²) in [5.41, 5.74) is 4.95. The third-order valence-electron chi connectivity index (χ3n) is 3.70. The number of rotatable bonds is 4. The lowest BCUT2D eigenvalue weighted by atomic mass is 9.98. The van der Waals surface area contributed by atoms with Crippen molar-refractivity contribution < 1.29 is 9.53 Å². The Morgan fingerprint density at radius 2 is 1.67 bits per heavy atom. The molecular weight excluding hydrogens is 282 g/mol. The maximum absolute atomic E-state index is 11.6. The summed E-state index contributed by atoms with van der Waals surface area (Å²) < 4.78 is 5.38. The van der Waals surface area contributed by atoms with Gasteiger partial charge in [-0.1, -0.05) is 48.5 Å². The smallest absolute Gasteiger partial charge is 0.407 e. The van der Waals surface area contributed by atoms with E-state index in [0.717, 1.165) is 0 Å². The van der Waals surface area contributed by atoms with Crippen LogP contribution in [-0.4, -0.2) is 24.8 Å². The van der Waals surface area contributed by atoms with Crippen molar-refractivity contribution in [1.29, 1.82) is 0 Å². The molecule has 0 atom stereocenters. The molecule has 1 amide bonds. The van der Waals surface area contributed by atoms with Crippen LogP contribution in [0.2, 0.25) is 0 Å². The minimum absolute atomic E-state index is 0.123. The number of hydrogen-bond acceptors (Lipinski definition) is 3. The van der Waals surface area contributed by atoms with Gasteiger partial charge in [0.05, 0.1) is 5.88 Å². The van der Waals surface area contributed by atoms with Crippen molar-refractivity contribution in [1.82, 2.24) is 5.32 Å². The minimum Gasteiger partial charge on any atom is -0.449 e. The van der Waals surface area contributed by atoms with Gasteiger partial charge in [-0.2, -0.15) is 0 Å². The molecule has 3 nitrogen and oxygen atoms in total. The van der Waals surface area contributed by atoms with Crippen LogP contribution in [0.4, 0.5) is 4.79 Å². The van der Waals surface area contributed by atoms with Crippen molar-refractivity contribution in [3.05, 3.63) is 59.7 Å². The number of amides is 1. The Balaban J connectivity index is 1.81. The quantitative estimate of drug-likeness (QED) is 0.872. The molecule has 1 N–H and O–H groups in total. The Morgan fingerprint density at radius 3 is 2.24 bits per heavy atom. The van der Waals surface area contributed by atoms with Gasteiger partial charge in [-0.15, -0.1) is 11.8 Å².